The molecule has 0 spiro atoms. The first-order chi connectivity index (χ1) is 18.1. The van der Waals surface area contributed by atoms with Crippen LogP contribution in [0.3, 0.4) is 0 Å². The molecule has 4 nitrogen and oxygen atoms in total. The highest BCUT2D eigenvalue weighted by molar-refractivity contribution is 7.18. The van der Waals surface area contributed by atoms with E-state index in [-0.39, 0.29) is 6.17 Å². The van der Waals surface area contributed by atoms with E-state index in [2.05, 4.69) is 132 Å². The number of rotatable bonds is 9. The molecule has 37 heavy (non-hydrogen) atoms. The van der Waals surface area contributed by atoms with Crippen LogP contribution in [0.1, 0.15) is 36.8 Å². The van der Waals surface area contributed by atoms with E-state index < -0.39 is 0 Å². The van der Waals surface area contributed by atoms with E-state index in [9.17, 15) is 0 Å². The molecule has 0 N–H and O–H groups in total. The van der Waals surface area contributed by atoms with E-state index in [0.717, 1.165) is 38.9 Å². The first-order valence-electron chi connectivity index (χ1n) is 13.5. The quantitative estimate of drug-likeness (QED) is 0.230. The largest absolute Gasteiger partial charge is 0.324 e. The lowest BCUT2D eigenvalue weighted by molar-refractivity contribution is -0.642. The van der Waals surface area contributed by atoms with Gasteiger partial charge in [-0.05, 0) is 69.9 Å². The molecule has 0 aliphatic carbocycles. The van der Waals surface area contributed by atoms with Crippen molar-refractivity contribution < 1.29 is 4.57 Å². The van der Waals surface area contributed by atoms with Gasteiger partial charge < -0.3 is 9.80 Å². The molecule has 1 aliphatic heterocycles. The maximum Gasteiger partial charge on any atom is 0.262 e. The molecule has 0 saturated heterocycles. The minimum absolute atomic E-state index is 0.269. The Bertz CT molecular complexity index is 1360. The van der Waals surface area contributed by atoms with Crippen LogP contribution in [0.2, 0.25) is 0 Å². The van der Waals surface area contributed by atoms with Gasteiger partial charge in [-0.25, -0.2) is 0 Å². The average molecular weight is 512 g/mol. The predicted molar refractivity (Wildman–Crippen MR) is 159 cm³/mol. The van der Waals surface area contributed by atoms with Gasteiger partial charge in [0.05, 0.1) is 11.9 Å². The summed E-state index contributed by atoms with van der Waals surface area (Å²) >= 11 is 1.88. The van der Waals surface area contributed by atoms with Gasteiger partial charge in [0.15, 0.2) is 0 Å². The number of thiazole rings is 1. The zero-order chi connectivity index (χ0) is 25.8. The van der Waals surface area contributed by atoms with Gasteiger partial charge in [0.2, 0.25) is 5.52 Å². The SMILES string of the molecule is CCCN(CCCN(C)C)[C@H]1C/C(=C\c2sc3ccccc3[n+]2C)c2ccccc2N1c1ccccc1. The lowest BCUT2D eigenvalue weighted by Crippen LogP contribution is -2.49. The molecule has 192 valence electrons. The topological polar surface area (TPSA) is 13.6 Å². The van der Waals surface area contributed by atoms with E-state index in [1.165, 1.54) is 37.7 Å². The van der Waals surface area contributed by atoms with Crippen LogP contribution in [0.4, 0.5) is 11.4 Å². The summed E-state index contributed by atoms with van der Waals surface area (Å²) in [6.45, 7) is 5.59. The summed E-state index contributed by atoms with van der Waals surface area (Å²) in [6.07, 6.45) is 6.01. The summed E-state index contributed by atoms with van der Waals surface area (Å²) in [4.78, 5) is 7.59. The van der Waals surface area contributed by atoms with Crippen molar-refractivity contribution in [2.45, 2.75) is 32.4 Å². The third-order valence-corrected chi connectivity index (χ3v) is 8.46. The van der Waals surface area contributed by atoms with Crippen molar-refractivity contribution in [3.8, 4) is 0 Å². The molecule has 0 bridgehead atoms. The highest BCUT2D eigenvalue weighted by Gasteiger charge is 2.34. The van der Waals surface area contributed by atoms with Crippen LogP contribution in [0.15, 0.2) is 78.9 Å². The number of benzene rings is 3. The Morgan fingerprint density at radius 1 is 0.919 bits per heavy atom. The fourth-order valence-corrected chi connectivity index (χ4v) is 6.64. The number of hydrogen-bond acceptors (Lipinski definition) is 4. The van der Waals surface area contributed by atoms with Gasteiger partial charge >= 0.3 is 0 Å². The predicted octanol–water partition coefficient (Wildman–Crippen LogP) is 6.80. The molecular formula is C32H39N4S+. The standard InChI is InChI=1S/C32H39N4S/c1-5-20-35(22-13-21-33(2)3)31-23-25(24-32-34(4)29-18-11-12-19-30(29)37-32)27-16-9-10-17-28(27)36(31)26-14-7-6-8-15-26/h6-12,14-19,24,31H,5,13,20-23H2,1-4H3/q+1/t31-/m1/s1. The number of fused-ring (bicyclic) bond motifs is 2. The summed E-state index contributed by atoms with van der Waals surface area (Å²) in [5.74, 6) is 0. The van der Waals surface area contributed by atoms with Crippen molar-refractivity contribution in [3.05, 3.63) is 89.4 Å². The summed E-state index contributed by atoms with van der Waals surface area (Å²) in [7, 11) is 6.53. The van der Waals surface area contributed by atoms with E-state index in [0.29, 0.717) is 0 Å². The first kappa shape index (κ1) is 25.7. The Hall–Kier alpha value is -2.99. The second-order valence-electron chi connectivity index (χ2n) is 10.2. The number of aryl methyl sites for hydroxylation is 1. The molecule has 0 fully saturated rings. The number of aromatic nitrogens is 1. The van der Waals surface area contributed by atoms with E-state index in [1.807, 2.05) is 11.3 Å². The van der Waals surface area contributed by atoms with E-state index in [4.69, 9.17) is 0 Å². The molecule has 0 amide bonds. The molecule has 1 aromatic heterocycles. The number of para-hydroxylation sites is 3. The second kappa shape index (κ2) is 11.6. The lowest BCUT2D eigenvalue weighted by Gasteiger charge is -2.45. The van der Waals surface area contributed by atoms with Gasteiger partial charge in [0, 0.05) is 36.4 Å². The molecule has 3 aromatic carbocycles. The Morgan fingerprint density at radius 3 is 2.41 bits per heavy atom. The zero-order valence-corrected chi connectivity index (χ0v) is 23.4. The van der Waals surface area contributed by atoms with Crippen LogP contribution in [0.5, 0.6) is 0 Å². The maximum atomic E-state index is 2.71. The van der Waals surface area contributed by atoms with Crippen LogP contribution < -0.4 is 9.47 Å². The zero-order valence-electron chi connectivity index (χ0n) is 22.6. The number of anilines is 2. The third-order valence-electron chi connectivity index (χ3n) is 7.30. The Morgan fingerprint density at radius 2 is 1.65 bits per heavy atom. The molecule has 0 radical (unpaired) electrons. The smallest absolute Gasteiger partial charge is 0.262 e. The average Bonchev–Trinajstić information content (AvgIpc) is 3.23. The van der Waals surface area contributed by atoms with Gasteiger partial charge in [-0.3, -0.25) is 4.90 Å². The lowest BCUT2D eigenvalue weighted by atomic mass is 9.92. The first-order valence-corrected chi connectivity index (χ1v) is 14.3. The van der Waals surface area contributed by atoms with Crippen LogP contribution >= 0.6 is 11.3 Å². The maximum absolute atomic E-state index is 2.71. The highest BCUT2D eigenvalue weighted by atomic mass is 32.1. The van der Waals surface area contributed by atoms with Crippen molar-refractivity contribution in [1.82, 2.24) is 9.80 Å². The van der Waals surface area contributed by atoms with Crippen LogP contribution in [-0.2, 0) is 7.05 Å². The number of nitrogens with zero attached hydrogens (tertiary/aromatic N) is 4. The number of hydrogen-bond donors (Lipinski definition) is 0. The van der Waals surface area contributed by atoms with Gasteiger partial charge in [0.25, 0.3) is 5.01 Å². The van der Waals surface area contributed by atoms with Gasteiger partial charge in [0.1, 0.15) is 11.7 Å². The normalized spacial score (nSPS) is 16.8. The van der Waals surface area contributed by atoms with Crippen molar-refractivity contribution in [2.75, 3.05) is 38.6 Å². The van der Waals surface area contributed by atoms with Crippen molar-refractivity contribution in [3.63, 3.8) is 0 Å². The molecular weight excluding hydrogens is 472 g/mol. The monoisotopic (exact) mass is 511 g/mol. The molecule has 0 unspecified atom stereocenters. The Balaban J connectivity index is 1.62. The summed E-state index contributed by atoms with van der Waals surface area (Å²) in [6, 6.07) is 28.6. The molecule has 0 saturated carbocycles. The van der Waals surface area contributed by atoms with Crippen LogP contribution in [0.25, 0.3) is 21.9 Å². The molecule has 4 aromatic rings. The second-order valence-corrected chi connectivity index (χ2v) is 11.3. The summed E-state index contributed by atoms with van der Waals surface area (Å²) in [5, 5.41) is 1.30. The molecule has 2 heterocycles. The Labute approximate surface area is 226 Å². The van der Waals surface area contributed by atoms with Gasteiger partial charge in [-0.15, -0.1) is 0 Å². The fourth-order valence-electron chi connectivity index (χ4n) is 5.53. The van der Waals surface area contributed by atoms with Gasteiger partial charge in [-0.2, -0.15) is 4.57 Å². The van der Waals surface area contributed by atoms with Crippen molar-refractivity contribution in [2.24, 2.45) is 7.05 Å². The molecule has 5 heteroatoms. The fraction of sp³-hybridized carbons (Fsp3) is 0.344. The molecule has 1 atom stereocenters. The van der Waals surface area contributed by atoms with Crippen LogP contribution in [-0.4, -0.2) is 49.7 Å². The van der Waals surface area contributed by atoms with Crippen LogP contribution in [0, 0.1) is 0 Å². The molecule has 5 rings (SSSR count). The highest BCUT2D eigenvalue weighted by Crippen LogP contribution is 2.44. The molecule has 1 aliphatic rings. The van der Waals surface area contributed by atoms with Crippen molar-refractivity contribution >= 4 is 44.6 Å². The minimum Gasteiger partial charge on any atom is -0.324 e. The van der Waals surface area contributed by atoms with E-state index in [1.54, 1.807) is 0 Å². The third kappa shape index (κ3) is 5.49. The summed E-state index contributed by atoms with van der Waals surface area (Å²) in [5.41, 5.74) is 6.62. The minimum atomic E-state index is 0.269. The van der Waals surface area contributed by atoms with Gasteiger partial charge in [-0.1, -0.05) is 66.8 Å². The summed E-state index contributed by atoms with van der Waals surface area (Å²) < 4.78 is 3.68. The van der Waals surface area contributed by atoms with E-state index >= 15 is 0 Å². The Kier molecular flexibility index (Phi) is 8.04. The van der Waals surface area contributed by atoms with Crippen molar-refractivity contribution in [1.29, 1.82) is 0 Å².